The summed E-state index contributed by atoms with van der Waals surface area (Å²) in [7, 11) is -1.15. The van der Waals surface area contributed by atoms with Crippen molar-refractivity contribution in [1.29, 1.82) is 5.26 Å². The van der Waals surface area contributed by atoms with Crippen molar-refractivity contribution < 1.29 is 37.2 Å². The Labute approximate surface area is 415 Å². The molecule has 4 aromatic carbocycles. The predicted octanol–water partition coefficient (Wildman–Crippen LogP) is 11.7. The molecule has 1 fully saturated rings. The van der Waals surface area contributed by atoms with E-state index >= 15 is 0 Å². The minimum Gasteiger partial charge on any atom is -0.497 e. The third-order valence-corrected chi connectivity index (χ3v) is 19.7. The van der Waals surface area contributed by atoms with Crippen molar-refractivity contribution in [3.8, 4) is 17.6 Å². The SMILES string of the molecule is COc1ccc(C(OC[C@H]2O[C@@H](n3ccc4c(NC(=O)c5ccccc5)ncnc43)[C@H](OP(OCCC#N)N(C(C)C)C(C)C)[C@@H]2O[Si](C)(C)C(C)(C)C)(c2ccccc2)c2ccc(OC)cc2)cc1. The van der Waals surface area contributed by atoms with Gasteiger partial charge in [0.2, 0.25) is 0 Å². The number of anilines is 1. The average molecular weight is 987 g/mol. The zero-order valence-electron chi connectivity index (χ0n) is 42.2. The Balaban J connectivity index is 1.40. The van der Waals surface area contributed by atoms with Gasteiger partial charge in [0.15, 0.2) is 14.5 Å². The van der Waals surface area contributed by atoms with E-state index in [1.54, 1.807) is 26.4 Å². The summed E-state index contributed by atoms with van der Waals surface area (Å²) in [4.78, 5) is 22.8. The maximum atomic E-state index is 13.5. The standard InChI is InChI=1S/C54H67N6O8PSi/c1-37(2)60(38(3)4)69(65-34-18-32-55)67-48-47(68-70(10,11)53(5,6)7)46(66-52(48)59-33-31-45-49(56-36-57-50(45)59)58-51(61)39-19-14-12-15-20-39)35-64-54(40-21-16-13-17-22-40,41-23-27-43(62-8)28-24-41)42-25-29-44(63-9)30-26-42/h12-17,19-31,33,36-38,46-48,52H,18,34-35H2,1-11H3,(H,56,57,58,61)/t46-,47-,48-,52-,69?/m1/s1. The van der Waals surface area contributed by atoms with Crippen LogP contribution in [0, 0.1) is 11.3 Å². The molecule has 0 saturated carbocycles. The summed E-state index contributed by atoms with van der Waals surface area (Å²) < 4.78 is 52.0. The van der Waals surface area contributed by atoms with Gasteiger partial charge >= 0.3 is 0 Å². The Morgan fingerprint density at radius 1 is 0.829 bits per heavy atom. The lowest BCUT2D eigenvalue weighted by Crippen LogP contribution is -2.51. The van der Waals surface area contributed by atoms with Gasteiger partial charge in [-0.15, -0.1) is 0 Å². The fourth-order valence-corrected chi connectivity index (χ4v) is 11.6. The Kier molecular flexibility index (Phi) is 17.0. The number of benzene rings is 4. The lowest BCUT2D eigenvalue weighted by atomic mass is 9.80. The number of carbonyl (C=O) groups is 1. The number of rotatable bonds is 21. The first-order valence-electron chi connectivity index (χ1n) is 23.8. The van der Waals surface area contributed by atoms with E-state index in [1.807, 2.05) is 102 Å². The van der Waals surface area contributed by atoms with Crippen molar-refractivity contribution in [2.45, 2.75) is 115 Å². The van der Waals surface area contributed by atoms with Gasteiger partial charge in [-0.25, -0.2) is 14.6 Å². The molecule has 70 heavy (non-hydrogen) atoms. The second-order valence-corrected chi connectivity index (χ2v) is 25.5. The molecule has 1 N–H and O–H groups in total. The van der Waals surface area contributed by atoms with Crippen LogP contribution in [-0.2, 0) is 28.5 Å². The molecule has 6 aromatic rings. The molecule has 2 aromatic heterocycles. The van der Waals surface area contributed by atoms with Gasteiger partial charge in [0.1, 0.15) is 53.2 Å². The lowest BCUT2D eigenvalue weighted by molar-refractivity contribution is -0.0927. The number of nitrogens with one attached hydrogen (secondary N) is 1. The summed E-state index contributed by atoms with van der Waals surface area (Å²) in [5.41, 5.74) is 2.47. The maximum Gasteiger partial charge on any atom is 0.259 e. The number of fused-ring (bicyclic) bond motifs is 1. The molecule has 1 saturated heterocycles. The van der Waals surface area contributed by atoms with Gasteiger partial charge in [-0.3, -0.25) is 4.79 Å². The van der Waals surface area contributed by atoms with E-state index in [2.05, 4.69) is 94.7 Å². The van der Waals surface area contributed by atoms with Crippen molar-refractivity contribution in [3.63, 3.8) is 0 Å². The minimum atomic E-state index is -2.64. The Hall–Kier alpha value is -5.53. The number of nitriles is 1. The molecule has 5 atom stereocenters. The third-order valence-electron chi connectivity index (χ3n) is 13.1. The van der Waals surface area contributed by atoms with Crippen LogP contribution in [0.5, 0.6) is 11.5 Å². The molecule has 0 bridgehead atoms. The van der Waals surface area contributed by atoms with Crippen LogP contribution in [0.2, 0.25) is 18.1 Å². The van der Waals surface area contributed by atoms with E-state index in [-0.39, 0.29) is 42.7 Å². The molecule has 16 heteroatoms. The highest BCUT2D eigenvalue weighted by molar-refractivity contribution is 7.44. The van der Waals surface area contributed by atoms with Crippen LogP contribution >= 0.6 is 8.53 Å². The van der Waals surface area contributed by atoms with Crippen LogP contribution in [0.1, 0.15) is 88.2 Å². The zero-order chi connectivity index (χ0) is 50.2. The number of nitrogens with zero attached hydrogens (tertiary/aromatic N) is 5. The van der Waals surface area contributed by atoms with Gasteiger partial charge in [-0.1, -0.05) is 93.6 Å². The molecular formula is C54H67N6O8PSi. The fraction of sp³-hybridized carbons (Fsp3) is 0.407. The molecule has 370 valence electrons. The van der Waals surface area contributed by atoms with Crippen LogP contribution in [0.3, 0.4) is 0 Å². The Bertz CT molecular complexity index is 2620. The van der Waals surface area contributed by atoms with Crippen molar-refractivity contribution in [2.24, 2.45) is 0 Å². The van der Waals surface area contributed by atoms with Gasteiger partial charge in [0, 0.05) is 23.8 Å². The summed E-state index contributed by atoms with van der Waals surface area (Å²) >= 11 is 0. The lowest BCUT2D eigenvalue weighted by Gasteiger charge is -2.43. The third kappa shape index (κ3) is 11.3. The van der Waals surface area contributed by atoms with E-state index < -0.39 is 47.0 Å². The number of aromatic nitrogens is 3. The van der Waals surface area contributed by atoms with Crippen LogP contribution in [0.4, 0.5) is 5.82 Å². The quantitative estimate of drug-likeness (QED) is 0.0316. The van der Waals surface area contributed by atoms with E-state index in [9.17, 15) is 10.1 Å². The Morgan fingerprint density at radius 2 is 1.40 bits per heavy atom. The topological polar surface area (TPSA) is 151 Å². The molecule has 1 unspecified atom stereocenters. The summed E-state index contributed by atoms with van der Waals surface area (Å²) in [6, 6.07) is 39.2. The van der Waals surface area contributed by atoms with E-state index in [0.717, 1.165) is 16.7 Å². The number of methoxy groups -OCH3 is 2. The van der Waals surface area contributed by atoms with E-state index in [1.165, 1.54) is 6.33 Å². The zero-order valence-corrected chi connectivity index (χ0v) is 44.1. The number of hydrogen-bond acceptors (Lipinski definition) is 12. The van der Waals surface area contributed by atoms with Crippen molar-refractivity contribution in [3.05, 3.63) is 150 Å². The monoisotopic (exact) mass is 986 g/mol. The Morgan fingerprint density at radius 3 is 1.94 bits per heavy atom. The maximum absolute atomic E-state index is 13.5. The van der Waals surface area contributed by atoms with Crippen LogP contribution in [0.15, 0.2) is 128 Å². The smallest absolute Gasteiger partial charge is 0.259 e. The number of ether oxygens (including phenoxy) is 4. The molecule has 14 nitrogen and oxygen atoms in total. The van der Waals surface area contributed by atoms with Gasteiger partial charge in [-0.2, -0.15) is 5.26 Å². The largest absolute Gasteiger partial charge is 0.497 e. The van der Waals surface area contributed by atoms with Crippen LogP contribution in [0.25, 0.3) is 11.0 Å². The average Bonchev–Trinajstić information content (AvgIpc) is 3.93. The number of amides is 1. The predicted molar refractivity (Wildman–Crippen MR) is 276 cm³/mol. The second-order valence-electron chi connectivity index (χ2n) is 19.3. The van der Waals surface area contributed by atoms with E-state index in [0.29, 0.717) is 33.9 Å². The van der Waals surface area contributed by atoms with Gasteiger partial charge in [-0.05, 0) is 105 Å². The summed E-state index contributed by atoms with van der Waals surface area (Å²) in [6.45, 7) is 19.7. The second kappa shape index (κ2) is 22.7. The normalized spacial score (nSPS) is 18.1. The molecule has 0 aliphatic carbocycles. The summed E-state index contributed by atoms with van der Waals surface area (Å²) in [6.07, 6.45) is 0.394. The fourth-order valence-electron chi connectivity index (χ4n) is 8.56. The molecule has 0 spiro atoms. The summed E-state index contributed by atoms with van der Waals surface area (Å²) in [5.74, 6) is 1.47. The van der Waals surface area contributed by atoms with Crippen molar-refractivity contribution in [2.75, 3.05) is 32.8 Å². The van der Waals surface area contributed by atoms with Crippen LogP contribution < -0.4 is 14.8 Å². The first-order chi connectivity index (χ1) is 33.5. The van der Waals surface area contributed by atoms with Gasteiger partial charge in [0.25, 0.3) is 14.4 Å². The van der Waals surface area contributed by atoms with Crippen LogP contribution in [-0.4, -0.2) is 91.3 Å². The molecule has 0 radical (unpaired) electrons. The van der Waals surface area contributed by atoms with Crippen molar-refractivity contribution >= 4 is 39.6 Å². The molecule has 1 amide bonds. The molecule has 3 heterocycles. The first-order valence-corrected chi connectivity index (χ1v) is 27.8. The molecule has 7 rings (SSSR count). The molecule has 1 aliphatic heterocycles. The number of hydrogen-bond donors (Lipinski definition) is 1. The van der Waals surface area contributed by atoms with Crippen molar-refractivity contribution in [1.82, 2.24) is 19.2 Å². The van der Waals surface area contributed by atoms with Gasteiger partial charge in [0.05, 0.1) is 45.3 Å². The molecular weight excluding hydrogens is 920 g/mol. The highest BCUT2D eigenvalue weighted by Crippen LogP contribution is 2.53. The van der Waals surface area contributed by atoms with E-state index in [4.69, 9.17) is 37.4 Å². The first kappa shape index (κ1) is 52.3. The minimum absolute atomic E-state index is 0.0178. The van der Waals surface area contributed by atoms with Gasteiger partial charge < -0.3 is 42.3 Å². The highest BCUT2D eigenvalue weighted by atomic mass is 31.2. The molecule has 1 aliphatic rings. The highest BCUT2D eigenvalue weighted by Gasteiger charge is 2.54. The number of carbonyl (C=O) groups excluding carboxylic acids is 1. The summed E-state index contributed by atoms with van der Waals surface area (Å²) in [5, 5.41) is 13.0.